The number of H-pyrrole nitrogens is 1. The number of hydrogen-bond acceptors (Lipinski definition) is 5. The molecule has 0 radical (unpaired) electrons. The van der Waals surface area contributed by atoms with E-state index >= 15 is 0 Å². The number of nitrogens with zero attached hydrogens (tertiary/aromatic N) is 3. The van der Waals surface area contributed by atoms with E-state index in [9.17, 15) is 14.4 Å². The highest BCUT2D eigenvalue weighted by Gasteiger charge is 2.18. The smallest absolute Gasteiger partial charge is 0.314 e. The summed E-state index contributed by atoms with van der Waals surface area (Å²) >= 11 is 0. The molecule has 0 spiro atoms. The van der Waals surface area contributed by atoms with Gasteiger partial charge in [0.1, 0.15) is 5.82 Å². The van der Waals surface area contributed by atoms with Crippen LogP contribution >= 0.6 is 0 Å². The maximum absolute atomic E-state index is 11.9. The van der Waals surface area contributed by atoms with Gasteiger partial charge in [-0.15, -0.1) is 0 Å². The van der Waals surface area contributed by atoms with Gasteiger partial charge in [-0.1, -0.05) is 0 Å². The van der Waals surface area contributed by atoms with Gasteiger partial charge >= 0.3 is 11.8 Å². The predicted octanol–water partition coefficient (Wildman–Crippen LogP) is -0.0445. The molecule has 0 aliphatic rings. The first-order valence-corrected chi connectivity index (χ1v) is 7.07. The number of aryl methyl sites for hydroxylation is 2. The molecule has 0 aromatic carbocycles. The number of likely N-dealkylation sites (N-methyl/N-ethyl adjacent to an activating group) is 1. The zero-order valence-corrected chi connectivity index (χ0v) is 13.4. The Morgan fingerprint density at radius 2 is 1.96 bits per heavy atom. The zero-order chi connectivity index (χ0) is 17.1. The third-order valence-electron chi connectivity index (χ3n) is 3.20. The van der Waals surface area contributed by atoms with Crippen molar-refractivity contribution >= 4 is 17.6 Å². The van der Waals surface area contributed by atoms with Gasteiger partial charge in [0.2, 0.25) is 5.95 Å². The van der Waals surface area contributed by atoms with E-state index < -0.39 is 11.8 Å². The van der Waals surface area contributed by atoms with E-state index in [1.54, 1.807) is 33.8 Å². The van der Waals surface area contributed by atoms with Gasteiger partial charge in [0.25, 0.3) is 5.56 Å². The Labute approximate surface area is 132 Å². The van der Waals surface area contributed by atoms with Crippen LogP contribution in [0.2, 0.25) is 0 Å². The standard InChI is InChI=1S/C14H18N6O3/c1-5-15-12(22)13(23)17-10-6-7(2)19-20(10)14-16-9(4)8(3)11(21)18-14/h6H,5H2,1-4H3,(H,15,22)(H,17,23)(H,16,18,21). The fourth-order valence-electron chi connectivity index (χ4n) is 1.89. The molecule has 2 rings (SSSR count). The SMILES string of the molecule is CCNC(=O)C(=O)Nc1cc(C)nn1-c1nc(C)c(C)c(=O)[nH]1. The lowest BCUT2D eigenvalue weighted by Crippen LogP contribution is -2.35. The molecule has 0 unspecified atom stereocenters. The lowest BCUT2D eigenvalue weighted by atomic mass is 10.3. The molecule has 122 valence electrons. The number of carbonyl (C=O) groups is 2. The number of amides is 2. The molecule has 0 atom stereocenters. The molecule has 3 N–H and O–H groups in total. The van der Waals surface area contributed by atoms with Crippen molar-refractivity contribution in [3.63, 3.8) is 0 Å². The summed E-state index contributed by atoms with van der Waals surface area (Å²) in [5.41, 5.74) is 1.36. The lowest BCUT2D eigenvalue weighted by Gasteiger charge is -2.09. The van der Waals surface area contributed by atoms with E-state index in [0.29, 0.717) is 23.5 Å². The van der Waals surface area contributed by atoms with Gasteiger partial charge in [-0.3, -0.25) is 19.4 Å². The average molecular weight is 318 g/mol. The summed E-state index contributed by atoms with van der Waals surface area (Å²) in [7, 11) is 0. The predicted molar refractivity (Wildman–Crippen MR) is 83.5 cm³/mol. The molecule has 9 heteroatoms. The molecule has 23 heavy (non-hydrogen) atoms. The highest BCUT2D eigenvalue weighted by atomic mass is 16.2. The summed E-state index contributed by atoms with van der Waals surface area (Å²) in [4.78, 5) is 42.1. The van der Waals surface area contributed by atoms with Crippen LogP contribution in [0.15, 0.2) is 10.9 Å². The fraction of sp³-hybridized carbons (Fsp3) is 0.357. The maximum atomic E-state index is 11.9. The summed E-state index contributed by atoms with van der Waals surface area (Å²) in [5, 5.41) is 9.05. The normalized spacial score (nSPS) is 10.4. The average Bonchev–Trinajstić information content (AvgIpc) is 2.85. The molecule has 2 aromatic heterocycles. The monoisotopic (exact) mass is 318 g/mol. The van der Waals surface area contributed by atoms with Gasteiger partial charge < -0.3 is 10.6 Å². The van der Waals surface area contributed by atoms with Crippen molar-refractivity contribution in [3.8, 4) is 5.95 Å². The highest BCUT2D eigenvalue weighted by molar-refractivity contribution is 6.39. The summed E-state index contributed by atoms with van der Waals surface area (Å²) in [6, 6.07) is 1.58. The number of aromatic amines is 1. The Morgan fingerprint density at radius 1 is 1.26 bits per heavy atom. The zero-order valence-electron chi connectivity index (χ0n) is 13.4. The van der Waals surface area contributed by atoms with E-state index in [2.05, 4.69) is 25.7 Å². The van der Waals surface area contributed by atoms with Crippen molar-refractivity contribution in [2.24, 2.45) is 0 Å². The van der Waals surface area contributed by atoms with Gasteiger partial charge in [-0.25, -0.2) is 4.98 Å². The van der Waals surface area contributed by atoms with Gasteiger partial charge in [0.15, 0.2) is 0 Å². The van der Waals surface area contributed by atoms with Crippen molar-refractivity contribution < 1.29 is 9.59 Å². The summed E-state index contributed by atoms with van der Waals surface area (Å²) < 4.78 is 1.28. The number of carbonyl (C=O) groups excluding carboxylic acids is 2. The van der Waals surface area contributed by atoms with Crippen molar-refractivity contribution in [2.75, 3.05) is 11.9 Å². The molecule has 2 amide bonds. The molecule has 0 bridgehead atoms. The maximum Gasteiger partial charge on any atom is 0.314 e. The molecule has 0 fully saturated rings. The number of rotatable bonds is 3. The minimum atomic E-state index is -0.820. The second-order valence-corrected chi connectivity index (χ2v) is 5.00. The van der Waals surface area contributed by atoms with Gasteiger partial charge in [-0.05, 0) is 27.7 Å². The topological polar surface area (TPSA) is 122 Å². The van der Waals surface area contributed by atoms with Crippen LogP contribution in [0, 0.1) is 20.8 Å². The Balaban J connectivity index is 2.40. The van der Waals surface area contributed by atoms with E-state index in [4.69, 9.17) is 0 Å². The second kappa shape index (κ2) is 6.42. The molecular weight excluding hydrogens is 300 g/mol. The van der Waals surface area contributed by atoms with E-state index in [0.717, 1.165) is 0 Å². The number of hydrogen-bond donors (Lipinski definition) is 3. The van der Waals surface area contributed by atoms with Crippen LogP contribution < -0.4 is 16.2 Å². The van der Waals surface area contributed by atoms with Crippen LogP contribution in [0.3, 0.4) is 0 Å². The Kier molecular flexibility index (Phi) is 4.58. The summed E-state index contributed by atoms with van der Waals surface area (Å²) in [6.45, 7) is 7.14. The molecule has 0 saturated carbocycles. The van der Waals surface area contributed by atoms with Gasteiger partial charge in [0.05, 0.1) is 5.69 Å². The minimum Gasteiger partial charge on any atom is -0.348 e. The number of nitrogens with one attached hydrogen (secondary N) is 3. The van der Waals surface area contributed by atoms with Crippen LogP contribution in [-0.4, -0.2) is 38.1 Å². The molecule has 0 saturated heterocycles. The fourth-order valence-corrected chi connectivity index (χ4v) is 1.89. The Hall–Kier alpha value is -2.97. The minimum absolute atomic E-state index is 0.164. The van der Waals surface area contributed by atoms with E-state index in [-0.39, 0.29) is 17.3 Å². The van der Waals surface area contributed by atoms with Crippen LogP contribution in [0.4, 0.5) is 5.82 Å². The van der Waals surface area contributed by atoms with Gasteiger partial charge in [0, 0.05) is 23.9 Å². The van der Waals surface area contributed by atoms with E-state index in [1.165, 1.54) is 4.68 Å². The third kappa shape index (κ3) is 3.44. The quantitative estimate of drug-likeness (QED) is 0.685. The number of anilines is 1. The first-order valence-electron chi connectivity index (χ1n) is 7.07. The first kappa shape index (κ1) is 16.4. The van der Waals surface area contributed by atoms with Crippen LogP contribution in [0.25, 0.3) is 5.95 Å². The largest absolute Gasteiger partial charge is 0.348 e. The lowest BCUT2D eigenvalue weighted by molar-refractivity contribution is -0.136. The van der Waals surface area contributed by atoms with Crippen LogP contribution in [-0.2, 0) is 9.59 Å². The second-order valence-electron chi connectivity index (χ2n) is 5.00. The molecule has 9 nitrogen and oxygen atoms in total. The van der Waals surface area contributed by atoms with E-state index in [1.807, 2.05) is 0 Å². The van der Waals surface area contributed by atoms with Gasteiger partial charge in [-0.2, -0.15) is 9.78 Å². The van der Waals surface area contributed by atoms with Crippen molar-refractivity contribution in [3.05, 3.63) is 33.4 Å². The Morgan fingerprint density at radius 3 is 2.57 bits per heavy atom. The third-order valence-corrected chi connectivity index (χ3v) is 3.20. The van der Waals surface area contributed by atoms with Crippen molar-refractivity contribution in [2.45, 2.75) is 27.7 Å². The molecule has 0 aliphatic carbocycles. The molecule has 0 aliphatic heterocycles. The van der Waals surface area contributed by atoms with Crippen LogP contribution in [0.5, 0.6) is 0 Å². The summed E-state index contributed by atoms with van der Waals surface area (Å²) in [6.07, 6.45) is 0. The first-order chi connectivity index (χ1) is 10.8. The van der Waals surface area contributed by atoms with Crippen molar-refractivity contribution in [1.29, 1.82) is 0 Å². The Bertz CT molecular complexity index is 820. The molecular formula is C14H18N6O3. The van der Waals surface area contributed by atoms with Crippen molar-refractivity contribution in [1.82, 2.24) is 25.1 Å². The summed E-state index contributed by atoms with van der Waals surface area (Å²) in [5.74, 6) is -1.17. The highest BCUT2D eigenvalue weighted by Crippen LogP contribution is 2.14. The van der Waals surface area contributed by atoms with Crippen LogP contribution in [0.1, 0.15) is 23.9 Å². The molecule has 2 aromatic rings. The molecule has 2 heterocycles. The number of aromatic nitrogens is 4.